The van der Waals surface area contributed by atoms with E-state index >= 15 is 0 Å². The lowest BCUT2D eigenvalue weighted by Crippen LogP contribution is -2.42. The first-order valence-corrected chi connectivity index (χ1v) is 6.99. The van der Waals surface area contributed by atoms with Gasteiger partial charge < -0.3 is 14.8 Å². The zero-order valence-electron chi connectivity index (χ0n) is 11.8. The summed E-state index contributed by atoms with van der Waals surface area (Å²) in [4.78, 5) is 4.47. The molecule has 0 amide bonds. The summed E-state index contributed by atoms with van der Waals surface area (Å²) in [5, 5.41) is 4.66. The number of hydrogen-bond donors (Lipinski definition) is 1. The number of nitrogens with one attached hydrogen (secondary N) is 1. The van der Waals surface area contributed by atoms with Crippen molar-refractivity contribution in [2.24, 2.45) is 0 Å². The van der Waals surface area contributed by atoms with Crippen molar-refractivity contribution < 1.29 is 9.47 Å². The molecule has 1 aliphatic heterocycles. The molecule has 1 atom stereocenters. The molecule has 2 heterocycles. The maximum absolute atomic E-state index is 5.62. The molecular weight excluding hydrogens is 252 g/mol. The van der Waals surface area contributed by atoms with Crippen molar-refractivity contribution in [2.45, 2.75) is 18.6 Å². The van der Waals surface area contributed by atoms with Crippen LogP contribution in [0.25, 0.3) is 10.9 Å². The van der Waals surface area contributed by atoms with E-state index < -0.39 is 0 Å². The number of hydrogen-bond acceptors (Lipinski definition) is 4. The first-order valence-electron chi connectivity index (χ1n) is 6.99. The quantitative estimate of drug-likeness (QED) is 0.905. The predicted octanol–water partition coefficient (Wildman–Crippen LogP) is 2.13. The van der Waals surface area contributed by atoms with Gasteiger partial charge in [-0.3, -0.25) is 4.98 Å². The van der Waals surface area contributed by atoms with Gasteiger partial charge in [0.2, 0.25) is 0 Å². The average Bonchev–Trinajstić information content (AvgIpc) is 2.97. The van der Waals surface area contributed by atoms with E-state index in [2.05, 4.69) is 34.6 Å². The van der Waals surface area contributed by atoms with Gasteiger partial charge in [-0.1, -0.05) is 24.3 Å². The van der Waals surface area contributed by atoms with E-state index in [-0.39, 0.29) is 5.60 Å². The molecule has 4 heteroatoms. The Bertz CT molecular complexity index is 574. The standard InChI is InChI=1S/C16H20N2O2/c1-19-16(7-9-20-12-16)11-17-10-14-5-2-4-13-6-3-8-18-15(13)14/h2-6,8,17H,7,9-12H2,1H3. The zero-order chi connectivity index (χ0) is 13.8. The number of aromatic nitrogens is 1. The van der Waals surface area contributed by atoms with Gasteiger partial charge in [-0.2, -0.15) is 0 Å². The van der Waals surface area contributed by atoms with Crippen LogP contribution in [0.2, 0.25) is 0 Å². The van der Waals surface area contributed by atoms with Crippen molar-refractivity contribution in [1.29, 1.82) is 0 Å². The van der Waals surface area contributed by atoms with Gasteiger partial charge in [0.25, 0.3) is 0 Å². The largest absolute Gasteiger partial charge is 0.378 e. The molecule has 1 fully saturated rings. The van der Waals surface area contributed by atoms with Gasteiger partial charge in [-0.15, -0.1) is 0 Å². The summed E-state index contributed by atoms with van der Waals surface area (Å²) in [6, 6.07) is 10.3. The highest BCUT2D eigenvalue weighted by Crippen LogP contribution is 2.22. The Labute approximate surface area is 119 Å². The number of para-hydroxylation sites is 1. The number of nitrogens with zero attached hydrogens (tertiary/aromatic N) is 1. The molecule has 1 N–H and O–H groups in total. The highest BCUT2D eigenvalue weighted by Gasteiger charge is 2.34. The Morgan fingerprint density at radius 3 is 3.05 bits per heavy atom. The van der Waals surface area contributed by atoms with Crippen molar-refractivity contribution in [3.8, 4) is 0 Å². The summed E-state index contributed by atoms with van der Waals surface area (Å²) in [7, 11) is 1.76. The van der Waals surface area contributed by atoms with Crippen LogP contribution < -0.4 is 5.32 Å². The second-order valence-electron chi connectivity index (χ2n) is 5.29. The molecule has 0 aliphatic carbocycles. The van der Waals surface area contributed by atoms with Gasteiger partial charge in [0.1, 0.15) is 5.60 Å². The second-order valence-corrected chi connectivity index (χ2v) is 5.29. The highest BCUT2D eigenvalue weighted by atomic mass is 16.5. The molecule has 20 heavy (non-hydrogen) atoms. The van der Waals surface area contributed by atoms with Gasteiger partial charge >= 0.3 is 0 Å². The molecule has 4 nitrogen and oxygen atoms in total. The minimum Gasteiger partial charge on any atom is -0.378 e. The average molecular weight is 272 g/mol. The van der Waals surface area contributed by atoms with Crippen LogP contribution in [0.1, 0.15) is 12.0 Å². The second kappa shape index (κ2) is 5.87. The monoisotopic (exact) mass is 272 g/mol. The lowest BCUT2D eigenvalue weighted by molar-refractivity contribution is -0.0159. The Kier molecular flexibility index (Phi) is 3.96. The summed E-state index contributed by atoms with van der Waals surface area (Å²) in [5.41, 5.74) is 2.11. The third kappa shape index (κ3) is 2.68. The number of methoxy groups -OCH3 is 1. The van der Waals surface area contributed by atoms with Crippen molar-refractivity contribution in [1.82, 2.24) is 10.3 Å². The van der Waals surface area contributed by atoms with Gasteiger partial charge in [-0.05, 0) is 11.6 Å². The fourth-order valence-electron chi connectivity index (χ4n) is 2.70. The van der Waals surface area contributed by atoms with E-state index in [0.29, 0.717) is 6.61 Å². The fourth-order valence-corrected chi connectivity index (χ4v) is 2.70. The van der Waals surface area contributed by atoms with E-state index in [1.807, 2.05) is 12.3 Å². The summed E-state index contributed by atoms with van der Waals surface area (Å²) in [6.45, 7) is 3.04. The Morgan fingerprint density at radius 1 is 1.35 bits per heavy atom. The number of pyridine rings is 1. The topological polar surface area (TPSA) is 43.4 Å². The Balaban J connectivity index is 1.68. The summed E-state index contributed by atoms with van der Waals surface area (Å²) < 4.78 is 11.1. The molecule has 1 aromatic carbocycles. The predicted molar refractivity (Wildman–Crippen MR) is 78.6 cm³/mol. The first-order chi connectivity index (χ1) is 9.83. The van der Waals surface area contributed by atoms with E-state index in [1.165, 1.54) is 10.9 Å². The Hall–Kier alpha value is -1.49. The van der Waals surface area contributed by atoms with E-state index in [0.717, 1.165) is 31.6 Å². The van der Waals surface area contributed by atoms with E-state index in [9.17, 15) is 0 Å². The van der Waals surface area contributed by atoms with E-state index in [1.54, 1.807) is 7.11 Å². The summed E-state index contributed by atoms with van der Waals surface area (Å²) >= 11 is 0. The van der Waals surface area contributed by atoms with Gasteiger partial charge in [-0.25, -0.2) is 0 Å². The molecule has 3 rings (SSSR count). The Morgan fingerprint density at radius 2 is 2.25 bits per heavy atom. The molecule has 2 aromatic rings. The van der Waals surface area contributed by atoms with Crippen molar-refractivity contribution in [3.63, 3.8) is 0 Å². The molecular formula is C16H20N2O2. The normalized spacial score (nSPS) is 22.4. The van der Waals surface area contributed by atoms with Gasteiger partial charge in [0.15, 0.2) is 0 Å². The van der Waals surface area contributed by atoms with Crippen LogP contribution in [-0.2, 0) is 16.0 Å². The minimum absolute atomic E-state index is 0.169. The molecule has 1 saturated heterocycles. The third-order valence-electron chi connectivity index (χ3n) is 3.98. The van der Waals surface area contributed by atoms with Crippen LogP contribution >= 0.6 is 0 Å². The maximum atomic E-state index is 5.62. The number of ether oxygens (including phenoxy) is 2. The first kappa shape index (κ1) is 13.5. The van der Waals surface area contributed by atoms with Crippen LogP contribution in [0, 0.1) is 0 Å². The molecule has 0 spiro atoms. The SMILES string of the molecule is COC1(CNCc2cccc3cccnc23)CCOC1. The van der Waals surface area contributed by atoms with Gasteiger partial charge in [0.05, 0.1) is 12.1 Å². The molecule has 0 radical (unpaired) electrons. The summed E-state index contributed by atoms with van der Waals surface area (Å²) in [6.07, 6.45) is 2.79. The molecule has 1 aliphatic rings. The molecule has 1 unspecified atom stereocenters. The molecule has 106 valence electrons. The molecule has 0 saturated carbocycles. The number of benzene rings is 1. The fraction of sp³-hybridized carbons (Fsp3) is 0.438. The number of rotatable bonds is 5. The van der Waals surface area contributed by atoms with Crippen LogP contribution in [0.5, 0.6) is 0 Å². The van der Waals surface area contributed by atoms with Crippen LogP contribution in [-0.4, -0.2) is 37.5 Å². The van der Waals surface area contributed by atoms with Crippen LogP contribution in [0.15, 0.2) is 36.5 Å². The van der Waals surface area contributed by atoms with E-state index in [4.69, 9.17) is 9.47 Å². The lowest BCUT2D eigenvalue weighted by atomic mass is 10.0. The molecule has 0 bridgehead atoms. The molecule has 1 aromatic heterocycles. The highest BCUT2D eigenvalue weighted by molar-refractivity contribution is 5.81. The van der Waals surface area contributed by atoms with Crippen molar-refractivity contribution in [3.05, 3.63) is 42.1 Å². The number of fused-ring (bicyclic) bond motifs is 1. The van der Waals surface area contributed by atoms with Gasteiger partial charge in [0, 0.05) is 44.8 Å². The maximum Gasteiger partial charge on any atom is 0.106 e. The van der Waals surface area contributed by atoms with Crippen LogP contribution in [0.3, 0.4) is 0 Å². The third-order valence-corrected chi connectivity index (χ3v) is 3.98. The van der Waals surface area contributed by atoms with Crippen molar-refractivity contribution in [2.75, 3.05) is 26.9 Å². The zero-order valence-corrected chi connectivity index (χ0v) is 11.8. The lowest BCUT2D eigenvalue weighted by Gasteiger charge is -2.26. The minimum atomic E-state index is -0.169. The smallest absolute Gasteiger partial charge is 0.106 e. The van der Waals surface area contributed by atoms with Crippen molar-refractivity contribution >= 4 is 10.9 Å². The summed E-state index contributed by atoms with van der Waals surface area (Å²) in [5.74, 6) is 0. The van der Waals surface area contributed by atoms with Crippen LogP contribution in [0.4, 0.5) is 0 Å².